The van der Waals surface area contributed by atoms with Gasteiger partial charge < -0.3 is 4.74 Å². The van der Waals surface area contributed by atoms with Gasteiger partial charge in [0.05, 0.1) is 24.0 Å². The molecule has 0 amide bonds. The van der Waals surface area contributed by atoms with E-state index in [1.165, 1.54) is 12.1 Å². The lowest BCUT2D eigenvalue weighted by Crippen LogP contribution is -2.11. The van der Waals surface area contributed by atoms with E-state index in [2.05, 4.69) is 10.3 Å². The van der Waals surface area contributed by atoms with Crippen molar-refractivity contribution in [1.29, 1.82) is 0 Å². The van der Waals surface area contributed by atoms with E-state index in [0.29, 0.717) is 12.2 Å². The smallest absolute Gasteiger partial charge is 0.314 e. The number of nitrogens with zero attached hydrogens (tertiary/aromatic N) is 3. The zero-order valence-electron chi connectivity index (χ0n) is 12.7. The average molecular weight is 323 g/mol. The van der Waals surface area contributed by atoms with Crippen LogP contribution in [0.15, 0.2) is 60.9 Å². The largest absolute Gasteiger partial charge is 0.426 e. The number of rotatable bonds is 4. The number of hydrogen-bond donors (Lipinski definition) is 0. The number of halogens is 1. The van der Waals surface area contributed by atoms with E-state index in [1.54, 1.807) is 47.4 Å². The second-order valence-corrected chi connectivity index (χ2v) is 5.77. The molecule has 3 aromatic rings. The number of esters is 1. The third kappa shape index (κ3) is 2.90. The summed E-state index contributed by atoms with van der Waals surface area (Å²) in [5.41, 5.74) is 1.68. The summed E-state index contributed by atoms with van der Waals surface area (Å²) in [5.74, 6) is -0.244. The Labute approximate surface area is 137 Å². The van der Waals surface area contributed by atoms with Crippen molar-refractivity contribution in [3.05, 3.63) is 72.3 Å². The Kier molecular flexibility index (Phi) is 3.57. The Morgan fingerprint density at radius 2 is 2.04 bits per heavy atom. The SMILES string of the molecule is O=C(Oc1ccc(-n2ccnn2)cc1)[C@H]1C[C@@H]1c1cccc(F)c1. The first kappa shape index (κ1) is 14.6. The van der Waals surface area contributed by atoms with E-state index in [0.717, 1.165) is 11.3 Å². The number of carbonyl (C=O) groups is 1. The molecule has 1 heterocycles. The summed E-state index contributed by atoms with van der Waals surface area (Å²) < 4.78 is 20.3. The zero-order chi connectivity index (χ0) is 16.5. The van der Waals surface area contributed by atoms with Crippen molar-refractivity contribution in [1.82, 2.24) is 15.0 Å². The first-order valence-electron chi connectivity index (χ1n) is 7.64. The van der Waals surface area contributed by atoms with Crippen LogP contribution in [0.25, 0.3) is 5.69 Å². The molecule has 0 N–H and O–H groups in total. The second kappa shape index (κ2) is 5.88. The predicted molar refractivity (Wildman–Crippen MR) is 84.2 cm³/mol. The predicted octanol–water partition coefficient (Wildman–Crippen LogP) is 3.12. The van der Waals surface area contributed by atoms with E-state index in [9.17, 15) is 9.18 Å². The molecular formula is C18H14FN3O2. The van der Waals surface area contributed by atoms with Crippen molar-refractivity contribution >= 4 is 5.97 Å². The van der Waals surface area contributed by atoms with E-state index >= 15 is 0 Å². The van der Waals surface area contributed by atoms with Crippen molar-refractivity contribution in [2.75, 3.05) is 0 Å². The van der Waals surface area contributed by atoms with Crippen LogP contribution in [-0.2, 0) is 4.79 Å². The molecule has 4 rings (SSSR count). The lowest BCUT2D eigenvalue weighted by atomic mass is 10.1. The molecule has 2 aromatic carbocycles. The molecule has 120 valence electrons. The molecule has 1 aliphatic rings. The van der Waals surface area contributed by atoms with Crippen molar-refractivity contribution in [3.8, 4) is 11.4 Å². The highest BCUT2D eigenvalue weighted by Crippen LogP contribution is 2.48. The van der Waals surface area contributed by atoms with Gasteiger partial charge in [-0.1, -0.05) is 17.3 Å². The molecule has 5 nitrogen and oxygen atoms in total. The maximum absolute atomic E-state index is 13.3. The van der Waals surface area contributed by atoms with Crippen LogP contribution in [0.2, 0.25) is 0 Å². The molecule has 1 saturated carbocycles. The Bertz CT molecular complexity index is 862. The lowest BCUT2D eigenvalue weighted by molar-refractivity contribution is -0.135. The molecule has 1 aromatic heterocycles. The average Bonchev–Trinajstić information content (AvgIpc) is 3.22. The summed E-state index contributed by atoms with van der Waals surface area (Å²) in [7, 11) is 0. The Morgan fingerprint density at radius 1 is 1.21 bits per heavy atom. The van der Waals surface area contributed by atoms with Gasteiger partial charge in [-0.2, -0.15) is 0 Å². The standard InChI is InChI=1S/C18H14FN3O2/c19-13-3-1-2-12(10-13)16-11-17(16)18(23)24-15-6-4-14(5-7-15)22-9-8-20-21-22/h1-10,16-17H,11H2/t16-,17+/m1/s1. The minimum absolute atomic E-state index is 0.0441. The first-order valence-corrected chi connectivity index (χ1v) is 7.64. The van der Waals surface area contributed by atoms with Crippen LogP contribution in [0.1, 0.15) is 17.9 Å². The molecular weight excluding hydrogens is 309 g/mol. The van der Waals surface area contributed by atoms with Crippen molar-refractivity contribution < 1.29 is 13.9 Å². The summed E-state index contributed by atoms with van der Waals surface area (Å²) in [6, 6.07) is 13.4. The summed E-state index contributed by atoms with van der Waals surface area (Å²) in [5, 5.41) is 7.64. The summed E-state index contributed by atoms with van der Waals surface area (Å²) >= 11 is 0. The van der Waals surface area contributed by atoms with Crippen LogP contribution < -0.4 is 4.74 Å². The number of aromatic nitrogens is 3. The number of benzene rings is 2. The third-order valence-corrected chi connectivity index (χ3v) is 4.11. The Hall–Kier alpha value is -3.02. The quantitative estimate of drug-likeness (QED) is 0.547. The van der Waals surface area contributed by atoms with Crippen molar-refractivity contribution in [3.63, 3.8) is 0 Å². The third-order valence-electron chi connectivity index (χ3n) is 4.11. The molecule has 0 bridgehead atoms. The van der Waals surface area contributed by atoms with Gasteiger partial charge in [0.15, 0.2) is 0 Å². The first-order chi connectivity index (χ1) is 11.7. The molecule has 24 heavy (non-hydrogen) atoms. The number of ether oxygens (including phenoxy) is 1. The van der Waals surface area contributed by atoms with E-state index in [1.807, 2.05) is 6.07 Å². The molecule has 1 fully saturated rings. The Balaban J connectivity index is 1.40. The van der Waals surface area contributed by atoms with Crippen LogP contribution in [0, 0.1) is 11.7 Å². The van der Waals surface area contributed by atoms with Crippen LogP contribution in [0.3, 0.4) is 0 Å². The maximum atomic E-state index is 13.3. The minimum Gasteiger partial charge on any atom is -0.426 e. The molecule has 2 atom stereocenters. The summed E-state index contributed by atoms with van der Waals surface area (Å²) in [6.07, 6.45) is 4.02. The van der Waals surface area contributed by atoms with Gasteiger partial charge in [0.2, 0.25) is 0 Å². The highest BCUT2D eigenvalue weighted by molar-refractivity contribution is 5.79. The molecule has 6 heteroatoms. The van der Waals surface area contributed by atoms with E-state index in [-0.39, 0.29) is 23.6 Å². The van der Waals surface area contributed by atoms with Gasteiger partial charge in [-0.25, -0.2) is 9.07 Å². The highest BCUT2D eigenvalue weighted by atomic mass is 19.1. The van der Waals surface area contributed by atoms with Gasteiger partial charge in [0.25, 0.3) is 0 Å². The van der Waals surface area contributed by atoms with Gasteiger partial charge in [0.1, 0.15) is 11.6 Å². The lowest BCUT2D eigenvalue weighted by Gasteiger charge is -2.06. The molecule has 0 saturated heterocycles. The van der Waals surface area contributed by atoms with Crippen molar-refractivity contribution in [2.24, 2.45) is 5.92 Å². The number of carbonyl (C=O) groups excluding carboxylic acids is 1. The van der Waals surface area contributed by atoms with Gasteiger partial charge in [-0.15, -0.1) is 5.10 Å². The summed E-state index contributed by atoms with van der Waals surface area (Å²) in [6.45, 7) is 0. The van der Waals surface area contributed by atoms with Gasteiger partial charge in [-0.3, -0.25) is 4.79 Å². The monoisotopic (exact) mass is 323 g/mol. The fraction of sp³-hybridized carbons (Fsp3) is 0.167. The maximum Gasteiger partial charge on any atom is 0.314 e. The fourth-order valence-electron chi connectivity index (χ4n) is 2.77. The van der Waals surface area contributed by atoms with Gasteiger partial charge in [-0.05, 0) is 54.3 Å². The Morgan fingerprint density at radius 3 is 2.75 bits per heavy atom. The number of hydrogen-bond acceptors (Lipinski definition) is 4. The molecule has 1 aliphatic carbocycles. The van der Waals surface area contributed by atoms with Crippen LogP contribution in [0.5, 0.6) is 5.75 Å². The van der Waals surface area contributed by atoms with E-state index in [4.69, 9.17) is 4.74 Å². The molecule has 0 spiro atoms. The topological polar surface area (TPSA) is 57.0 Å². The van der Waals surface area contributed by atoms with Gasteiger partial charge >= 0.3 is 5.97 Å². The molecule has 0 aliphatic heterocycles. The van der Waals surface area contributed by atoms with Crippen LogP contribution in [-0.4, -0.2) is 21.0 Å². The van der Waals surface area contributed by atoms with Gasteiger partial charge in [0, 0.05) is 0 Å². The zero-order valence-corrected chi connectivity index (χ0v) is 12.7. The molecule has 0 radical (unpaired) electrons. The van der Waals surface area contributed by atoms with E-state index < -0.39 is 0 Å². The van der Waals surface area contributed by atoms with Crippen LogP contribution >= 0.6 is 0 Å². The molecule has 0 unspecified atom stereocenters. The highest BCUT2D eigenvalue weighted by Gasteiger charge is 2.45. The van der Waals surface area contributed by atoms with Crippen LogP contribution in [0.4, 0.5) is 4.39 Å². The minimum atomic E-state index is -0.282. The van der Waals surface area contributed by atoms with Crippen molar-refractivity contribution in [2.45, 2.75) is 12.3 Å². The second-order valence-electron chi connectivity index (χ2n) is 5.77. The summed E-state index contributed by atoms with van der Waals surface area (Å²) in [4.78, 5) is 12.2. The normalized spacial score (nSPS) is 19.0. The fourth-order valence-corrected chi connectivity index (χ4v) is 2.77.